The highest BCUT2D eigenvalue weighted by atomic mass is 16.5. The van der Waals surface area contributed by atoms with Crippen molar-refractivity contribution >= 4 is 12.0 Å². The van der Waals surface area contributed by atoms with Gasteiger partial charge in [0.2, 0.25) is 5.91 Å². The Morgan fingerprint density at radius 3 is 2.24 bits per heavy atom. The molecule has 0 radical (unpaired) electrons. The Bertz CT molecular complexity index is 273. The van der Waals surface area contributed by atoms with E-state index in [1.807, 2.05) is 18.7 Å². The van der Waals surface area contributed by atoms with Gasteiger partial charge in [-0.05, 0) is 25.2 Å². The normalized spacial score (nSPS) is 17.8. The molecule has 0 saturated carbocycles. The fourth-order valence-corrected chi connectivity index (χ4v) is 2.01. The average molecular weight is 242 g/mol. The van der Waals surface area contributed by atoms with E-state index in [9.17, 15) is 9.59 Å². The monoisotopic (exact) mass is 242 g/mol. The van der Waals surface area contributed by atoms with Crippen molar-refractivity contribution in [1.29, 1.82) is 0 Å². The maximum Gasteiger partial charge on any atom is 0.407 e. The van der Waals surface area contributed by atoms with Crippen molar-refractivity contribution in [3.8, 4) is 0 Å². The summed E-state index contributed by atoms with van der Waals surface area (Å²) in [5.74, 6) is 0.0635. The van der Waals surface area contributed by atoms with Gasteiger partial charge in [-0.1, -0.05) is 13.8 Å². The number of ether oxygens (including phenoxy) is 1. The number of methoxy groups -OCH3 is 1. The fraction of sp³-hybridized carbons (Fsp3) is 0.833. The van der Waals surface area contributed by atoms with E-state index in [-0.39, 0.29) is 11.8 Å². The Kier molecular flexibility index (Phi) is 5.25. The lowest BCUT2D eigenvalue weighted by Gasteiger charge is -2.32. The molecule has 98 valence electrons. The zero-order chi connectivity index (χ0) is 12.8. The molecule has 1 atom stereocenters. The largest absolute Gasteiger partial charge is 0.453 e. The molecule has 1 saturated heterocycles. The maximum absolute atomic E-state index is 12.2. The van der Waals surface area contributed by atoms with E-state index >= 15 is 0 Å². The second-order valence-electron chi connectivity index (χ2n) is 4.74. The van der Waals surface area contributed by atoms with E-state index in [1.165, 1.54) is 13.5 Å². The number of likely N-dealkylation sites (tertiary alicyclic amines) is 1. The minimum Gasteiger partial charge on any atom is -0.453 e. The summed E-state index contributed by atoms with van der Waals surface area (Å²) < 4.78 is 4.55. The number of carbonyl (C=O) groups excluding carboxylic acids is 2. The van der Waals surface area contributed by atoms with Gasteiger partial charge >= 0.3 is 6.09 Å². The second-order valence-corrected chi connectivity index (χ2v) is 4.74. The fourth-order valence-electron chi connectivity index (χ4n) is 2.01. The van der Waals surface area contributed by atoms with Crippen molar-refractivity contribution in [3.63, 3.8) is 0 Å². The molecule has 1 N–H and O–H groups in total. The van der Waals surface area contributed by atoms with Crippen molar-refractivity contribution in [3.05, 3.63) is 0 Å². The standard InChI is InChI=1S/C12H22N2O3/c1-9(2)10(13-12(16)17-3)11(15)14-7-5-4-6-8-14/h9-10H,4-8H2,1-3H3,(H,13,16)/t10-/m0/s1. The van der Waals surface area contributed by atoms with E-state index in [0.29, 0.717) is 0 Å². The summed E-state index contributed by atoms with van der Waals surface area (Å²) in [5.41, 5.74) is 0. The van der Waals surface area contributed by atoms with Crippen molar-refractivity contribution in [2.75, 3.05) is 20.2 Å². The molecular formula is C12H22N2O3. The van der Waals surface area contributed by atoms with Gasteiger partial charge in [0.25, 0.3) is 0 Å². The molecule has 2 amide bonds. The SMILES string of the molecule is COC(=O)N[C@H](C(=O)N1CCCCC1)C(C)C. The molecule has 0 aromatic rings. The number of nitrogens with one attached hydrogen (secondary N) is 1. The Balaban J connectivity index is 2.62. The average Bonchev–Trinajstić information content (AvgIpc) is 2.35. The third kappa shape index (κ3) is 3.91. The molecule has 1 aliphatic rings. The molecule has 0 aromatic heterocycles. The van der Waals surface area contributed by atoms with Crippen LogP contribution < -0.4 is 5.32 Å². The molecule has 1 aliphatic heterocycles. The highest BCUT2D eigenvalue weighted by Gasteiger charge is 2.29. The van der Waals surface area contributed by atoms with Crippen molar-refractivity contribution in [2.24, 2.45) is 5.92 Å². The summed E-state index contributed by atoms with van der Waals surface area (Å²) >= 11 is 0. The third-order valence-electron chi connectivity index (χ3n) is 3.06. The summed E-state index contributed by atoms with van der Waals surface area (Å²) in [5, 5.41) is 2.61. The lowest BCUT2D eigenvalue weighted by molar-refractivity contribution is -0.135. The molecule has 0 unspecified atom stereocenters. The number of hydrogen-bond donors (Lipinski definition) is 1. The van der Waals surface area contributed by atoms with E-state index in [0.717, 1.165) is 25.9 Å². The third-order valence-corrected chi connectivity index (χ3v) is 3.06. The first kappa shape index (κ1) is 13.8. The predicted octanol–water partition coefficient (Wildman–Crippen LogP) is 1.38. The van der Waals surface area contributed by atoms with Crippen LogP contribution in [-0.4, -0.2) is 43.1 Å². The van der Waals surface area contributed by atoms with Gasteiger partial charge in [0.15, 0.2) is 0 Å². The maximum atomic E-state index is 12.2. The molecule has 0 aliphatic carbocycles. The van der Waals surface area contributed by atoms with E-state index in [4.69, 9.17) is 0 Å². The number of hydrogen-bond acceptors (Lipinski definition) is 3. The van der Waals surface area contributed by atoms with Gasteiger partial charge in [-0.15, -0.1) is 0 Å². The number of alkyl carbamates (subject to hydrolysis) is 1. The number of carbonyl (C=O) groups is 2. The smallest absolute Gasteiger partial charge is 0.407 e. The first-order valence-corrected chi connectivity index (χ1v) is 6.19. The molecule has 1 rings (SSSR count). The predicted molar refractivity (Wildman–Crippen MR) is 64.6 cm³/mol. The molecule has 5 nitrogen and oxygen atoms in total. The van der Waals surface area contributed by atoms with Gasteiger partial charge in [0.1, 0.15) is 6.04 Å². The number of amides is 2. The van der Waals surface area contributed by atoms with Crippen LogP contribution in [0.25, 0.3) is 0 Å². The van der Waals surface area contributed by atoms with Crippen molar-refractivity contribution in [2.45, 2.75) is 39.2 Å². The Morgan fingerprint density at radius 2 is 1.76 bits per heavy atom. The van der Waals surface area contributed by atoms with Crippen LogP contribution in [0.4, 0.5) is 4.79 Å². The molecular weight excluding hydrogens is 220 g/mol. The van der Waals surface area contributed by atoms with E-state index in [2.05, 4.69) is 10.1 Å². The molecule has 1 heterocycles. The summed E-state index contributed by atoms with van der Waals surface area (Å²) in [4.78, 5) is 25.3. The molecule has 17 heavy (non-hydrogen) atoms. The van der Waals surface area contributed by atoms with Crippen molar-refractivity contribution < 1.29 is 14.3 Å². The van der Waals surface area contributed by atoms with Crippen LogP contribution in [0.3, 0.4) is 0 Å². The minimum absolute atomic E-state index is 0.00472. The van der Waals surface area contributed by atoms with Gasteiger partial charge in [0.05, 0.1) is 7.11 Å². The second kappa shape index (κ2) is 6.47. The van der Waals surface area contributed by atoms with Crippen LogP contribution in [0.15, 0.2) is 0 Å². The Hall–Kier alpha value is -1.26. The number of piperidine rings is 1. The van der Waals surface area contributed by atoms with Crippen molar-refractivity contribution in [1.82, 2.24) is 10.2 Å². The summed E-state index contributed by atoms with van der Waals surface area (Å²) in [7, 11) is 1.30. The lowest BCUT2D eigenvalue weighted by Crippen LogP contribution is -2.52. The zero-order valence-electron chi connectivity index (χ0n) is 10.9. The molecule has 0 aromatic carbocycles. The number of rotatable bonds is 3. The van der Waals surface area contributed by atoms with E-state index in [1.54, 1.807) is 0 Å². The summed E-state index contributed by atoms with van der Waals surface area (Å²) in [6.45, 7) is 5.43. The first-order valence-electron chi connectivity index (χ1n) is 6.19. The highest BCUT2D eigenvalue weighted by Crippen LogP contribution is 2.13. The quantitative estimate of drug-likeness (QED) is 0.813. The minimum atomic E-state index is -0.547. The van der Waals surface area contributed by atoms with Gasteiger partial charge in [0, 0.05) is 13.1 Å². The molecule has 0 bridgehead atoms. The summed E-state index contributed by atoms with van der Waals surface area (Å²) in [6.07, 6.45) is 2.73. The first-order chi connectivity index (χ1) is 8.06. The topological polar surface area (TPSA) is 58.6 Å². The highest BCUT2D eigenvalue weighted by molar-refractivity contribution is 5.86. The molecule has 5 heteroatoms. The van der Waals surface area contributed by atoms with E-state index < -0.39 is 12.1 Å². The van der Waals surface area contributed by atoms with Crippen LogP contribution in [-0.2, 0) is 9.53 Å². The van der Waals surface area contributed by atoms with Gasteiger partial charge in [-0.25, -0.2) is 4.79 Å². The van der Waals surface area contributed by atoms with Gasteiger partial charge < -0.3 is 15.0 Å². The molecule has 1 fully saturated rings. The van der Waals surface area contributed by atoms with Crippen LogP contribution >= 0.6 is 0 Å². The lowest BCUT2D eigenvalue weighted by atomic mass is 10.0. The van der Waals surface area contributed by atoms with Gasteiger partial charge in [-0.2, -0.15) is 0 Å². The zero-order valence-corrected chi connectivity index (χ0v) is 10.9. The van der Waals surface area contributed by atoms with Crippen LogP contribution in [0, 0.1) is 5.92 Å². The van der Waals surface area contributed by atoms with Crippen LogP contribution in [0.2, 0.25) is 0 Å². The number of nitrogens with zero attached hydrogens (tertiary/aromatic N) is 1. The summed E-state index contributed by atoms with van der Waals surface area (Å²) in [6, 6.07) is -0.486. The Labute approximate surface area is 102 Å². The van der Waals surface area contributed by atoms with Crippen LogP contribution in [0.5, 0.6) is 0 Å². The molecule has 0 spiro atoms. The van der Waals surface area contributed by atoms with Crippen LogP contribution in [0.1, 0.15) is 33.1 Å². The van der Waals surface area contributed by atoms with Gasteiger partial charge in [-0.3, -0.25) is 4.79 Å². The Morgan fingerprint density at radius 1 is 1.18 bits per heavy atom.